The van der Waals surface area contributed by atoms with Crippen molar-refractivity contribution in [3.8, 4) is 0 Å². The number of hydrogen-bond acceptors (Lipinski definition) is 6. The number of ether oxygens (including phenoxy) is 1. The normalized spacial score (nSPS) is 17.7. The Morgan fingerprint density at radius 2 is 2.00 bits per heavy atom. The van der Waals surface area contributed by atoms with Crippen LogP contribution in [0.5, 0.6) is 0 Å². The van der Waals surface area contributed by atoms with Crippen molar-refractivity contribution in [2.45, 2.75) is 57.7 Å². The van der Waals surface area contributed by atoms with Gasteiger partial charge in [0.25, 0.3) is 5.91 Å². The molecule has 1 aliphatic heterocycles. The first-order valence-electron chi connectivity index (χ1n) is 11.7. The van der Waals surface area contributed by atoms with Gasteiger partial charge in [0.1, 0.15) is 11.5 Å². The standard InChI is InChI=1S/C25H35N5O2/c1-18(32-3)17-29(2)24-16-26-23(15-27-24)25(31)28-14-19-7-8-20-9-11-30(22-5-4-6-22)12-10-21(20)13-19/h7-8,13,15-16,18,22H,4-6,9-12,14,17H2,1-3H3,(H,28,31)/t18-/m1/s1. The van der Waals surface area contributed by atoms with Gasteiger partial charge in [0, 0.05) is 46.4 Å². The third-order valence-corrected chi connectivity index (χ3v) is 6.85. The highest BCUT2D eigenvalue weighted by molar-refractivity contribution is 5.91. The van der Waals surface area contributed by atoms with Crippen molar-refractivity contribution in [1.82, 2.24) is 20.2 Å². The van der Waals surface area contributed by atoms with Gasteiger partial charge in [-0.05, 0) is 49.3 Å². The Morgan fingerprint density at radius 3 is 2.66 bits per heavy atom. The topological polar surface area (TPSA) is 70.6 Å². The van der Waals surface area contributed by atoms with Gasteiger partial charge in [-0.15, -0.1) is 0 Å². The lowest BCUT2D eigenvalue weighted by atomic mass is 9.91. The van der Waals surface area contributed by atoms with Crippen LogP contribution in [0, 0.1) is 0 Å². The third-order valence-electron chi connectivity index (χ3n) is 6.85. The van der Waals surface area contributed by atoms with E-state index in [9.17, 15) is 4.79 Å². The Morgan fingerprint density at radius 1 is 1.22 bits per heavy atom. The van der Waals surface area contributed by atoms with Crippen molar-refractivity contribution >= 4 is 11.7 Å². The van der Waals surface area contributed by atoms with E-state index in [0.29, 0.717) is 24.6 Å². The largest absolute Gasteiger partial charge is 0.380 e. The molecule has 172 valence electrons. The Kier molecular flexibility index (Phi) is 7.37. The van der Waals surface area contributed by atoms with Crippen molar-refractivity contribution in [2.75, 3.05) is 38.7 Å². The lowest BCUT2D eigenvalue weighted by Gasteiger charge is -2.36. The van der Waals surface area contributed by atoms with Gasteiger partial charge in [0.05, 0.1) is 18.5 Å². The summed E-state index contributed by atoms with van der Waals surface area (Å²) in [6, 6.07) is 7.45. The van der Waals surface area contributed by atoms with Crippen LogP contribution in [0.1, 0.15) is 53.4 Å². The first-order chi connectivity index (χ1) is 15.5. The molecule has 0 bridgehead atoms. The van der Waals surface area contributed by atoms with Crippen molar-refractivity contribution in [2.24, 2.45) is 0 Å². The molecule has 1 aromatic carbocycles. The van der Waals surface area contributed by atoms with E-state index in [1.807, 2.05) is 18.9 Å². The molecule has 1 atom stereocenters. The van der Waals surface area contributed by atoms with Crippen molar-refractivity contribution in [3.63, 3.8) is 0 Å². The second kappa shape index (κ2) is 10.4. The number of carbonyl (C=O) groups excluding carboxylic acids is 1. The fraction of sp³-hybridized carbons (Fsp3) is 0.560. The second-order valence-electron chi connectivity index (χ2n) is 9.09. The molecule has 4 rings (SSSR count). The van der Waals surface area contributed by atoms with Crippen LogP contribution in [0.4, 0.5) is 5.82 Å². The minimum atomic E-state index is -0.205. The maximum Gasteiger partial charge on any atom is 0.271 e. The molecule has 1 aliphatic carbocycles. The van der Waals surface area contributed by atoms with E-state index in [0.717, 1.165) is 31.0 Å². The number of methoxy groups -OCH3 is 1. The molecule has 1 N–H and O–H groups in total. The summed E-state index contributed by atoms with van der Waals surface area (Å²) in [5.41, 5.74) is 4.34. The van der Waals surface area contributed by atoms with Crippen molar-refractivity contribution in [1.29, 1.82) is 0 Å². The highest BCUT2D eigenvalue weighted by Gasteiger charge is 2.26. The van der Waals surface area contributed by atoms with E-state index in [2.05, 4.69) is 38.4 Å². The summed E-state index contributed by atoms with van der Waals surface area (Å²) in [4.78, 5) is 25.9. The summed E-state index contributed by atoms with van der Waals surface area (Å²) < 4.78 is 5.29. The van der Waals surface area contributed by atoms with E-state index in [-0.39, 0.29) is 12.0 Å². The van der Waals surface area contributed by atoms with Gasteiger partial charge in [0.15, 0.2) is 0 Å². The van der Waals surface area contributed by atoms with E-state index >= 15 is 0 Å². The lowest BCUT2D eigenvalue weighted by molar-refractivity contribution is 0.0945. The van der Waals surface area contributed by atoms with Gasteiger partial charge in [-0.2, -0.15) is 0 Å². The Hall–Kier alpha value is -2.51. The summed E-state index contributed by atoms with van der Waals surface area (Å²) in [6.07, 6.45) is 9.58. The molecule has 2 heterocycles. The molecule has 0 spiro atoms. The van der Waals surface area contributed by atoms with Gasteiger partial charge >= 0.3 is 0 Å². The quantitative estimate of drug-likeness (QED) is 0.685. The highest BCUT2D eigenvalue weighted by Crippen LogP contribution is 2.27. The molecule has 32 heavy (non-hydrogen) atoms. The Bertz CT molecular complexity index is 913. The van der Waals surface area contributed by atoms with Crippen molar-refractivity contribution in [3.05, 3.63) is 53.0 Å². The summed E-state index contributed by atoms with van der Waals surface area (Å²) >= 11 is 0. The van der Waals surface area contributed by atoms with Gasteiger partial charge in [-0.1, -0.05) is 24.6 Å². The van der Waals surface area contributed by atoms with E-state index in [1.165, 1.54) is 43.1 Å². The second-order valence-corrected chi connectivity index (χ2v) is 9.09. The zero-order valence-electron chi connectivity index (χ0n) is 19.5. The predicted octanol–water partition coefficient (Wildman–Crippen LogP) is 2.83. The molecule has 0 saturated heterocycles. The lowest BCUT2D eigenvalue weighted by Crippen LogP contribution is -2.41. The fourth-order valence-corrected chi connectivity index (χ4v) is 4.48. The number of benzene rings is 1. The summed E-state index contributed by atoms with van der Waals surface area (Å²) in [6.45, 7) is 5.51. The number of anilines is 1. The molecule has 0 radical (unpaired) electrons. The van der Waals surface area contributed by atoms with Crippen LogP contribution < -0.4 is 10.2 Å². The van der Waals surface area contributed by atoms with E-state index in [4.69, 9.17) is 4.74 Å². The molecule has 7 nitrogen and oxygen atoms in total. The molecule has 1 saturated carbocycles. The number of aromatic nitrogens is 2. The molecule has 2 aromatic rings. The number of nitrogens with one attached hydrogen (secondary N) is 1. The van der Waals surface area contributed by atoms with Crippen LogP contribution in [0.15, 0.2) is 30.6 Å². The van der Waals surface area contributed by atoms with Crippen LogP contribution in [-0.4, -0.2) is 66.7 Å². The smallest absolute Gasteiger partial charge is 0.271 e. The minimum absolute atomic E-state index is 0.0898. The first kappa shape index (κ1) is 22.7. The fourth-order valence-electron chi connectivity index (χ4n) is 4.48. The zero-order chi connectivity index (χ0) is 22.5. The van der Waals surface area contributed by atoms with E-state index in [1.54, 1.807) is 13.3 Å². The number of fused-ring (bicyclic) bond motifs is 1. The van der Waals surface area contributed by atoms with Gasteiger partial charge < -0.3 is 15.0 Å². The number of hydrogen-bond donors (Lipinski definition) is 1. The Balaban J connectivity index is 1.31. The molecule has 1 amide bonds. The molecule has 7 heteroatoms. The van der Waals surface area contributed by atoms with Crippen LogP contribution in [0.3, 0.4) is 0 Å². The average molecular weight is 438 g/mol. The number of likely N-dealkylation sites (N-methyl/N-ethyl adjacent to an activating group) is 1. The third kappa shape index (κ3) is 5.45. The van der Waals surface area contributed by atoms with Gasteiger partial charge in [0.2, 0.25) is 0 Å². The maximum absolute atomic E-state index is 12.6. The van der Waals surface area contributed by atoms with Crippen molar-refractivity contribution < 1.29 is 9.53 Å². The monoisotopic (exact) mass is 437 g/mol. The molecule has 1 fully saturated rings. The Labute approximate surface area is 191 Å². The van der Waals surface area contributed by atoms with Crippen LogP contribution in [-0.2, 0) is 24.1 Å². The molecular formula is C25H35N5O2. The molecule has 2 aliphatic rings. The molecule has 1 aromatic heterocycles. The van der Waals surface area contributed by atoms with Crippen LogP contribution in [0.25, 0.3) is 0 Å². The number of rotatable bonds is 8. The number of amides is 1. The SMILES string of the molecule is CO[C@H](C)CN(C)c1cnc(C(=O)NCc2ccc3c(c2)CCN(C2CCC2)CC3)cn1. The molecular weight excluding hydrogens is 402 g/mol. The van der Waals surface area contributed by atoms with Crippen LogP contribution >= 0.6 is 0 Å². The molecule has 0 unspecified atom stereocenters. The average Bonchev–Trinajstić information content (AvgIpc) is 2.98. The number of carbonyl (C=O) groups is 1. The summed E-state index contributed by atoms with van der Waals surface area (Å²) in [5.74, 6) is 0.509. The minimum Gasteiger partial charge on any atom is -0.380 e. The van der Waals surface area contributed by atoms with Gasteiger partial charge in [-0.25, -0.2) is 9.97 Å². The van der Waals surface area contributed by atoms with Crippen LogP contribution in [0.2, 0.25) is 0 Å². The van der Waals surface area contributed by atoms with Gasteiger partial charge in [-0.3, -0.25) is 9.69 Å². The predicted molar refractivity (Wildman–Crippen MR) is 126 cm³/mol. The summed E-state index contributed by atoms with van der Waals surface area (Å²) in [5, 5.41) is 2.99. The van der Waals surface area contributed by atoms with E-state index < -0.39 is 0 Å². The summed E-state index contributed by atoms with van der Waals surface area (Å²) in [7, 11) is 3.62. The maximum atomic E-state index is 12.6. The zero-order valence-corrected chi connectivity index (χ0v) is 19.5. The first-order valence-corrected chi connectivity index (χ1v) is 11.7. The highest BCUT2D eigenvalue weighted by atomic mass is 16.5. The number of nitrogens with zero attached hydrogens (tertiary/aromatic N) is 4.